The van der Waals surface area contributed by atoms with Crippen LogP contribution in [-0.4, -0.2) is 44.0 Å². The lowest BCUT2D eigenvalue weighted by atomic mass is 9.93. The number of carbonyl (C=O) groups is 2. The van der Waals surface area contributed by atoms with Crippen LogP contribution in [-0.2, 0) is 21.2 Å². The molecule has 31 heavy (non-hydrogen) atoms. The average Bonchev–Trinajstić information content (AvgIpc) is 2.78. The second-order valence-electron chi connectivity index (χ2n) is 8.44. The van der Waals surface area contributed by atoms with Crippen molar-refractivity contribution in [3.05, 3.63) is 59.2 Å². The molecule has 1 saturated heterocycles. The van der Waals surface area contributed by atoms with Crippen molar-refractivity contribution in [3.63, 3.8) is 0 Å². The maximum atomic E-state index is 13.3. The monoisotopic (exact) mass is 440 g/mol. The largest absolute Gasteiger partial charge is 0.312 e. The Bertz CT molecular complexity index is 1120. The highest BCUT2D eigenvalue weighted by Gasteiger charge is 2.35. The summed E-state index contributed by atoms with van der Waals surface area (Å²) in [7, 11) is -3.69. The standard InChI is InChI=1S/C24H28N2O4S/c1-17-6-3-7-19-9-5-13-26(23(17)19)24(28)20-11-14-25(15-12-20)31(29,30)22-10-4-8-21(16-22)18(2)27/h3-4,6-8,10,16,20H,5,9,11-15H2,1-2H3. The molecular weight excluding hydrogens is 412 g/mol. The first-order valence-electron chi connectivity index (χ1n) is 10.8. The summed E-state index contributed by atoms with van der Waals surface area (Å²) in [5.41, 5.74) is 3.74. The van der Waals surface area contributed by atoms with Gasteiger partial charge < -0.3 is 4.90 Å². The van der Waals surface area contributed by atoms with Gasteiger partial charge >= 0.3 is 0 Å². The lowest BCUT2D eigenvalue weighted by molar-refractivity contribution is -0.123. The van der Waals surface area contributed by atoms with Crippen LogP contribution >= 0.6 is 0 Å². The third-order valence-corrected chi connectivity index (χ3v) is 8.26. The minimum Gasteiger partial charge on any atom is -0.312 e. The van der Waals surface area contributed by atoms with Crippen LogP contribution in [0.3, 0.4) is 0 Å². The van der Waals surface area contributed by atoms with Gasteiger partial charge in [-0.3, -0.25) is 9.59 Å². The first-order chi connectivity index (χ1) is 14.8. The predicted octanol–water partition coefficient (Wildman–Crippen LogP) is 3.58. The number of carbonyl (C=O) groups excluding carboxylic acids is 2. The molecule has 0 spiro atoms. The van der Waals surface area contributed by atoms with E-state index in [2.05, 4.69) is 6.07 Å². The van der Waals surface area contributed by atoms with Gasteiger partial charge in [-0.15, -0.1) is 0 Å². The summed E-state index contributed by atoms with van der Waals surface area (Å²) in [6.07, 6.45) is 2.93. The zero-order chi connectivity index (χ0) is 22.2. The number of fused-ring (bicyclic) bond motifs is 1. The summed E-state index contributed by atoms with van der Waals surface area (Å²) in [6, 6.07) is 12.3. The summed E-state index contributed by atoms with van der Waals surface area (Å²) in [5.74, 6) is -0.245. The summed E-state index contributed by atoms with van der Waals surface area (Å²) in [6.45, 7) is 4.78. The Labute approximate surface area is 183 Å². The molecule has 2 aromatic rings. The number of amides is 1. The number of nitrogens with zero attached hydrogens (tertiary/aromatic N) is 2. The predicted molar refractivity (Wildman–Crippen MR) is 120 cm³/mol. The van der Waals surface area contributed by atoms with Gasteiger partial charge in [-0.1, -0.05) is 30.3 Å². The lowest BCUT2D eigenvalue weighted by Crippen LogP contribution is -2.46. The fourth-order valence-electron chi connectivity index (χ4n) is 4.66. The van der Waals surface area contributed by atoms with Crippen molar-refractivity contribution in [1.29, 1.82) is 0 Å². The maximum absolute atomic E-state index is 13.3. The van der Waals surface area contributed by atoms with Crippen LogP contribution in [0, 0.1) is 12.8 Å². The Morgan fingerprint density at radius 1 is 1.00 bits per heavy atom. The summed E-state index contributed by atoms with van der Waals surface area (Å²) in [5, 5.41) is 0. The van der Waals surface area contributed by atoms with Gasteiger partial charge in [0.25, 0.3) is 0 Å². The van der Waals surface area contributed by atoms with Gasteiger partial charge in [0, 0.05) is 36.8 Å². The molecule has 2 heterocycles. The number of piperidine rings is 1. The molecule has 2 aliphatic heterocycles. The molecular formula is C24H28N2O4S. The Hall–Kier alpha value is -2.51. The Kier molecular flexibility index (Phi) is 5.99. The van der Waals surface area contributed by atoms with Crippen molar-refractivity contribution in [3.8, 4) is 0 Å². The first-order valence-corrected chi connectivity index (χ1v) is 12.2. The van der Waals surface area contributed by atoms with Gasteiger partial charge in [0.2, 0.25) is 15.9 Å². The quantitative estimate of drug-likeness (QED) is 0.681. The van der Waals surface area contributed by atoms with E-state index in [1.54, 1.807) is 12.1 Å². The smallest absolute Gasteiger partial charge is 0.243 e. The summed E-state index contributed by atoms with van der Waals surface area (Å²) >= 11 is 0. The fourth-order valence-corrected chi connectivity index (χ4v) is 6.17. The van der Waals surface area contributed by atoms with Crippen LogP contribution in [0.1, 0.15) is 47.7 Å². The van der Waals surface area contributed by atoms with Gasteiger partial charge in [-0.05, 0) is 62.8 Å². The van der Waals surface area contributed by atoms with Crippen molar-refractivity contribution in [2.24, 2.45) is 5.92 Å². The van der Waals surface area contributed by atoms with Crippen LogP contribution in [0.5, 0.6) is 0 Å². The molecule has 1 amide bonds. The molecule has 2 aliphatic rings. The zero-order valence-corrected chi connectivity index (χ0v) is 18.8. The highest BCUT2D eigenvalue weighted by atomic mass is 32.2. The molecule has 0 radical (unpaired) electrons. The van der Waals surface area contributed by atoms with E-state index in [4.69, 9.17) is 0 Å². The number of ketones is 1. The molecule has 0 bridgehead atoms. The minimum atomic E-state index is -3.69. The molecule has 6 nitrogen and oxygen atoms in total. The number of hydrogen-bond acceptors (Lipinski definition) is 4. The Morgan fingerprint density at radius 3 is 2.42 bits per heavy atom. The number of aryl methyl sites for hydroxylation is 2. The normalized spacial score (nSPS) is 17.9. The van der Waals surface area contributed by atoms with Crippen molar-refractivity contribution in [2.45, 2.75) is 44.4 Å². The van der Waals surface area contributed by atoms with Crippen LogP contribution in [0.4, 0.5) is 5.69 Å². The van der Waals surface area contributed by atoms with Crippen LogP contribution in [0.15, 0.2) is 47.4 Å². The number of benzene rings is 2. The van der Waals surface area contributed by atoms with E-state index in [0.717, 1.165) is 24.1 Å². The Morgan fingerprint density at radius 2 is 1.71 bits per heavy atom. The molecule has 0 unspecified atom stereocenters. The fraction of sp³-hybridized carbons (Fsp3) is 0.417. The number of sulfonamides is 1. The maximum Gasteiger partial charge on any atom is 0.243 e. The molecule has 2 aromatic carbocycles. The number of para-hydroxylation sites is 1. The number of Topliss-reactive ketones (excluding diaryl/α,β-unsaturated/α-hetero) is 1. The van der Waals surface area contributed by atoms with Gasteiger partial charge in [0.05, 0.1) is 4.90 Å². The van der Waals surface area contributed by atoms with Crippen LogP contribution < -0.4 is 4.90 Å². The number of hydrogen-bond donors (Lipinski definition) is 0. The highest BCUT2D eigenvalue weighted by Crippen LogP contribution is 2.33. The topological polar surface area (TPSA) is 74.8 Å². The van der Waals surface area contributed by atoms with Gasteiger partial charge in [-0.2, -0.15) is 4.31 Å². The van der Waals surface area contributed by atoms with E-state index in [1.807, 2.05) is 24.0 Å². The second-order valence-corrected chi connectivity index (χ2v) is 10.4. The van der Waals surface area contributed by atoms with Gasteiger partial charge in [0.15, 0.2) is 5.78 Å². The lowest BCUT2D eigenvalue weighted by Gasteiger charge is -2.36. The summed E-state index contributed by atoms with van der Waals surface area (Å²) < 4.78 is 27.6. The molecule has 7 heteroatoms. The SMILES string of the molecule is CC(=O)c1cccc(S(=O)(=O)N2CCC(C(=O)N3CCCc4cccc(C)c43)CC2)c1. The van der Waals surface area contributed by atoms with Crippen molar-refractivity contribution >= 4 is 27.4 Å². The molecule has 0 aliphatic carbocycles. The van der Waals surface area contributed by atoms with Crippen LogP contribution in [0.2, 0.25) is 0 Å². The molecule has 164 valence electrons. The average molecular weight is 441 g/mol. The van der Waals surface area contributed by atoms with Gasteiger partial charge in [0.1, 0.15) is 0 Å². The second kappa shape index (κ2) is 8.55. The third-order valence-electron chi connectivity index (χ3n) is 6.37. The van der Waals surface area contributed by atoms with Crippen molar-refractivity contribution < 1.29 is 18.0 Å². The molecule has 4 rings (SSSR count). The summed E-state index contributed by atoms with van der Waals surface area (Å²) in [4.78, 5) is 27.0. The van der Waals surface area contributed by atoms with Crippen molar-refractivity contribution in [2.75, 3.05) is 24.5 Å². The number of rotatable bonds is 4. The molecule has 1 fully saturated rings. The molecule has 0 saturated carbocycles. The highest BCUT2D eigenvalue weighted by molar-refractivity contribution is 7.89. The van der Waals surface area contributed by atoms with E-state index in [1.165, 1.54) is 28.9 Å². The van der Waals surface area contributed by atoms with E-state index in [0.29, 0.717) is 38.0 Å². The van der Waals surface area contributed by atoms with E-state index in [-0.39, 0.29) is 22.5 Å². The first kappa shape index (κ1) is 21.7. The van der Waals surface area contributed by atoms with Crippen molar-refractivity contribution in [1.82, 2.24) is 4.31 Å². The van der Waals surface area contributed by atoms with Crippen LogP contribution in [0.25, 0.3) is 0 Å². The molecule has 0 aromatic heterocycles. The number of anilines is 1. The van der Waals surface area contributed by atoms with Gasteiger partial charge in [-0.25, -0.2) is 8.42 Å². The molecule has 0 N–H and O–H groups in total. The minimum absolute atomic E-state index is 0.103. The molecule has 0 atom stereocenters. The zero-order valence-electron chi connectivity index (χ0n) is 18.0. The van der Waals surface area contributed by atoms with E-state index in [9.17, 15) is 18.0 Å². The Balaban J connectivity index is 1.48. The third kappa shape index (κ3) is 4.16. The van der Waals surface area contributed by atoms with E-state index < -0.39 is 10.0 Å². The van der Waals surface area contributed by atoms with E-state index >= 15 is 0 Å².